The van der Waals surface area contributed by atoms with Crippen molar-refractivity contribution >= 4 is 0 Å². The zero-order valence-electron chi connectivity index (χ0n) is 11.4. The predicted molar refractivity (Wildman–Crippen MR) is 73.8 cm³/mol. The van der Waals surface area contributed by atoms with Crippen molar-refractivity contribution in [2.24, 2.45) is 0 Å². The molecule has 2 heterocycles. The maximum atomic E-state index is 10.9. The van der Waals surface area contributed by atoms with Gasteiger partial charge >= 0.3 is 0 Å². The first-order chi connectivity index (χ1) is 8.58. The van der Waals surface area contributed by atoms with Gasteiger partial charge < -0.3 is 5.11 Å². The molecule has 2 unspecified atom stereocenters. The summed E-state index contributed by atoms with van der Waals surface area (Å²) in [6.07, 6.45) is 4.17. The largest absolute Gasteiger partial charge is 0.388 e. The van der Waals surface area contributed by atoms with E-state index in [0.29, 0.717) is 6.04 Å². The summed E-state index contributed by atoms with van der Waals surface area (Å²) in [5.74, 6) is 0. The smallest absolute Gasteiger partial charge is 0.0854 e. The standard InChI is InChI=1S/C16H23NO/c1-12-5-6-14(10-13(12)2)11-16(18)7-9-17-8-3-4-15(16)17/h5-6,10,15,18H,3-4,7-9,11H2,1-2H3. The van der Waals surface area contributed by atoms with E-state index in [1.54, 1.807) is 0 Å². The highest BCUT2D eigenvalue weighted by atomic mass is 16.3. The Balaban J connectivity index is 1.81. The Labute approximate surface area is 110 Å². The van der Waals surface area contributed by atoms with Crippen LogP contribution >= 0.6 is 0 Å². The minimum Gasteiger partial charge on any atom is -0.388 e. The maximum absolute atomic E-state index is 10.9. The maximum Gasteiger partial charge on any atom is 0.0854 e. The number of hydrogen-bond acceptors (Lipinski definition) is 2. The summed E-state index contributed by atoms with van der Waals surface area (Å²) >= 11 is 0. The summed E-state index contributed by atoms with van der Waals surface area (Å²) < 4.78 is 0. The lowest BCUT2D eigenvalue weighted by Gasteiger charge is -2.30. The van der Waals surface area contributed by atoms with Crippen LogP contribution < -0.4 is 0 Å². The van der Waals surface area contributed by atoms with E-state index < -0.39 is 5.60 Å². The minimum atomic E-state index is -0.488. The zero-order valence-corrected chi connectivity index (χ0v) is 11.4. The molecule has 1 aromatic carbocycles. The molecule has 1 aromatic rings. The lowest BCUT2D eigenvalue weighted by Crippen LogP contribution is -2.43. The van der Waals surface area contributed by atoms with Gasteiger partial charge in [0.25, 0.3) is 0 Å². The Hall–Kier alpha value is -0.860. The third-order valence-electron chi connectivity index (χ3n) is 4.90. The SMILES string of the molecule is Cc1ccc(CC2(O)CCN3CCCC32)cc1C. The topological polar surface area (TPSA) is 23.5 Å². The van der Waals surface area contributed by atoms with Crippen LogP contribution in [0.25, 0.3) is 0 Å². The van der Waals surface area contributed by atoms with Gasteiger partial charge in [0.15, 0.2) is 0 Å². The molecule has 2 aliphatic heterocycles. The molecule has 2 heteroatoms. The first-order valence-electron chi connectivity index (χ1n) is 7.11. The molecule has 3 rings (SSSR count). The fraction of sp³-hybridized carbons (Fsp3) is 0.625. The zero-order chi connectivity index (χ0) is 12.8. The van der Waals surface area contributed by atoms with Gasteiger partial charge in [0.05, 0.1) is 5.60 Å². The van der Waals surface area contributed by atoms with Crippen LogP contribution in [-0.2, 0) is 6.42 Å². The second kappa shape index (κ2) is 4.36. The van der Waals surface area contributed by atoms with Crippen LogP contribution in [0.15, 0.2) is 18.2 Å². The summed E-state index contributed by atoms with van der Waals surface area (Å²) in [5, 5.41) is 10.9. The molecule has 2 aliphatic rings. The molecule has 0 radical (unpaired) electrons. The van der Waals surface area contributed by atoms with E-state index in [2.05, 4.69) is 36.9 Å². The van der Waals surface area contributed by atoms with Crippen molar-refractivity contribution in [3.8, 4) is 0 Å². The molecule has 2 fully saturated rings. The molecule has 0 saturated carbocycles. The molecule has 2 atom stereocenters. The Morgan fingerprint density at radius 3 is 2.89 bits per heavy atom. The summed E-state index contributed by atoms with van der Waals surface area (Å²) in [5.41, 5.74) is 3.46. The van der Waals surface area contributed by atoms with Crippen LogP contribution in [0.4, 0.5) is 0 Å². The van der Waals surface area contributed by atoms with Crippen LogP contribution in [-0.4, -0.2) is 34.7 Å². The summed E-state index contributed by atoms with van der Waals surface area (Å²) in [6, 6.07) is 7.00. The normalized spacial score (nSPS) is 31.8. The van der Waals surface area contributed by atoms with Crippen molar-refractivity contribution in [2.45, 2.75) is 51.2 Å². The van der Waals surface area contributed by atoms with E-state index >= 15 is 0 Å². The summed E-state index contributed by atoms with van der Waals surface area (Å²) in [4.78, 5) is 2.47. The van der Waals surface area contributed by atoms with Crippen molar-refractivity contribution < 1.29 is 5.11 Å². The average molecular weight is 245 g/mol. The number of hydrogen-bond donors (Lipinski definition) is 1. The summed E-state index contributed by atoms with van der Waals surface area (Å²) in [7, 11) is 0. The molecule has 2 saturated heterocycles. The van der Waals surface area contributed by atoms with E-state index in [1.165, 1.54) is 36.1 Å². The Morgan fingerprint density at radius 1 is 1.28 bits per heavy atom. The van der Waals surface area contributed by atoms with E-state index in [9.17, 15) is 5.11 Å². The lowest BCUT2D eigenvalue weighted by molar-refractivity contribution is 0.0141. The number of nitrogens with zero attached hydrogens (tertiary/aromatic N) is 1. The van der Waals surface area contributed by atoms with Crippen LogP contribution in [0.1, 0.15) is 36.0 Å². The molecule has 0 spiro atoms. The van der Waals surface area contributed by atoms with Crippen molar-refractivity contribution in [1.82, 2.24) is 4.90 Å². The van der Waals surface area contributed by atoms with E-state index in [4.69, 9.17) is 0 Å². The molecule has 2 nitrogen and oxygen atoms in total. The molecule has 1 N–H and O–H groups in total. The van der Waals surface area contributed by atoms with Crippen molar-refractivity contribution in [1.29, 1.82) is 0 Å². The van der Waals surface area contributed by atoms with Gasteiger partial charge in [-0.2, -0.15) is 0 Å². The van der Waals surface area contributed by atoms with Gasteiger partial charge in [-0.25, -0.2) is 0 Å². The molecule has 0 aromatic heterocycles. The highest BCUT2D eigenvalue weighted by Gasteiger charge is 2.47. The molecule has 98 valence electrons. The van der Waals surface area contributed by atoms with E-state index in [-0.39, 0.29) is 0 Å². The van der Waals surface area contributed by atoms with Gasteiger partial charge in [-0.3, -0.25) is 4.90 Å². The van der Waals surface area contributed by atoms with Crippen LogP contribution in [0, 0.1) is 13.8 Å². The van der Waals surface area contributed by atoms with Crippen molar-refractivity contribution in [3.63, 3.8) is 0 Å². The predicted octanol–water partition coefficient (Wildman–Crippen LogP) is 2.45. The number of rotatable bonds is 2. The number of benzene rings is 1. The quantitative estimate of drug-likeness (QED) is 0.865. The second-order valence-electron chi connectivity index (χ2n) is 6.14. The van der Waals surface area contributed by atoms with Crippen LogP contribution in [0.3, 0.4) is 0 Å². The van der Waals surface area contributed by atoms with Gasteiger partial charge in [-0.05, 0) is 56.3 Å². The van der Waals surface area contributed by atoms with Crippen molar-refractivity contribution in [3.05, 3.63) is 34.9 Å². The second-order valence-corrected chi connectivity index (χ2v) is 6.14. The summed E-state index contributed by atoms with van der Waals surface area (Å²) in [6.45, 7) is 6.55. The molecule has 0 bridgehead atoms. The highest BCUT2D eigenvalue weighted by Crippen LogP contribution is 2.38. The van der Waals surface area contributed by atoms with Gasteiger partial charge in [0.1, 0.15) is 0 Å². The monoisotopic (exact) mass is 245 g/mol. The van der Waals surface area contributed by atoms with E-state index in [1.807, 2.05) is 0 Å². The molecule has 18 heavy (non-hydrogen) atoms. The van der Waals surface area contributed by atoms with Gasteiger partial charge in [0, 0.05) is 19.0 Å². The molecule has 0 aliphatic carbocycles. The van der Waals surface area contributed by atoms with Crippen LogP contribution in [0.2, 0.25) is 0 Å². The van der Waals surface area contributed by atoms with Crippen LogP contribution in [0.5, 0.6) is 0 Å². The van der Waals surface area contributed by atoms with Gasteiger partial charge in [-0.1, -0.05) is 18.2 Å². The molecule has 0 amide bonds. The Kier molecular flexibility index (Phi) is 2.95. The minimum absolute atomic E-state index is 0.402. The molecular weight excluding hydrogens is 222 g/mol. The van der Waals surface area contributed by atoms with E-state index in [0.717, 1.165) is 19.4 Å². The first-order valence-corrected chi connectivity index (χ1v) is 7.11. The number of aryl methyl sites for hydroxylation is 2. The van der Waals surface area contributed by atoms with Gasteiger partial charge in [0.2, 0.25) is 0 Å². The van der Waals surface area contributed by atoms with Crippen molar-refractivity contribution in [2.75, 3.05) is 13.1 Å². The molecular formula is C16H23NO. The number of fused-ring (bicyclic) bond motifs is 1. The fourth-order valence-electron chi connectivity index (χ4n) is 3.68. The lowest BCUT2D eigenvalue weighted by atomic mass is 9.85. The fourth-order valence-corrected chi connectivity index (χ4v) is 3.68. The Bertz CT molecular complexity index is 456. The number of aliphatic hydroxyl groups is 1. The highest BCUT2D eigenvalue weighted by molar-refractivity contribution is 5.31. The third kappa shape index (κ3) is 1.98. The third-order valence-corrected chi connectivity index (χ3v) is 4.90. The first kappa shape index (κ1) is 12.2. The average Bonchev–Trinajstić information content (AvgIpc) is 2.90. The van der Waals surface area contributed by atoms with Gasteiger partial charge in [-0.15, -0.1) is 0 Å². The Morgan fingerprint density at radius 2 is 2.11 bits per heavy atom.